The molecule has 1 saturated carbocycles. The Bertz CT molecular complexity index is 511. The molecular formula is C12H12F2O3. The minimum Gasteiger partial charge on any atom is -0.505 e. The third kappa shape index (κ3) is 1.41. The van der Waals surface area contributed by atoms with Crippen molar-refractivity contribution < 1.29 is 23.8 Å². The number of hydrogen-bond acceptors (Lipinski definition) is 2. The van der Waals surface area contributed by atoms with Crippen LogP contribution in [-0.2, 0) is 10.2 Å². The van der Waals surface area contributed by atoms with E-state index in [4.69, 9.17) is 0 Å². The van der Waals surface area contributed by atoms with E-state index in [1.54, 1.807) is 13.8 Å². The lowest BCUT2D eigenvalue weighted by atomic mass is 9.87. The highest BCUT2D eigenvalue weighted by Gasteiger charge is 2.69. The van der Waals surface area contributed by atoms with E-state index in [0.29, 0.717) is 6.07 Å². The highest BCUT2D eigenvalue weighted by molar-refractivity contribution is 5.88. The van der Waals surface area contributed by atoms with E-state index >= 15 is 0 Å². The molecule has 1 fully saturated rings. The summed E-state index contributed by atoms with van der Waals surface area (Å²) in [4.78, 5) is 11.3. The largest absolute Gasteiger partial charge is 0.505 e. The number of phenols is 1. The first-order chi connectivity index (χ1) is 7.72. The Morgan fingerprint density at radius 2 is 1.88 bits per heavy atom. The van der Waals surface area contributed by atoms with Crippen LogP contribution in [0.2, 0.25) is 0 Å². The van der Waals surface area contributed by atoms with Crippen LogP contribution >= 0.6 is 0 Å². The molecule has 1 aliphatic rings. The Morgan fingerprint density at radius 1 is 1.35 bits per heavy atom. The molecule has 1 aromatic rings. The van der Waals surface area contributed by atoms with E-state index in [-0.39, 0.29) is 12.0 Å². The lowest BCUT2D eigenvalue weighted by Crippen LogP contribution is -2.26. The fourth-order valence-electron chi connectivity index (χ4n) is 2.45. The van der Waals surface area contributed by atoms with Crippen molar-refractivity contribution in [2.24, 2.45) is 5.41 Å². The quantitative estimate of drug-likeness (QED) is 0.837. The lowest BCUT2D eigenvalue weighted by molar-refractivity contribution is -0.141. The van der Waals surface area contributed by atoms with Gasteiger partial charge < -0.3 is 10.2 Å². The highest BCUT2D eigenvalue weighted by Crippen LogP contribution is 2.66. The number of rotatable bonds is 2. The molecular weight excluding hydrogens is 230 g/mol. The summed E-state index contributed by atoms with van der Waals surface area (Å²) in [5.41, 5.74) is -2.22. The van der Waals surface area contributed by atoms with E-state index in [1.165, 1.54) is 0 Å². The Labute approximate surface area is 96.7 Å². The summed E-state index contributed by atoms with van der Waals surface area (Å²) in [5, 5.41) is 18.8. The summed E-state index contributed by atoms with van der Waals surface area (Å²) in [7, 11) is 0. The van der Waals surface area contributed by atoms with Gasteiger partial charge in [-0.2, -0.15) is 0 Å². The molecule has 1 atom stereocenters. The number of halogens is 2. The predicted molar refractivity (Wildman–Crippen MR) is 55.7 cm³/mol. The van der Waals surface area contributed by atoms with Crippen LogP contribution in [0.3, 0.4) is 0 Å². The maximum Gasteiger partial charge on any atom is 0.314 e. The van der Waals surface area contributed by atoms with Crippen LogP contribution in [0.15, 0.2) is 12.1 Å². The van der Waals surface area contributed by atoms with E-state index in [9.17, 15) is 23.8 Å². The summed E-state index contributed by atoms with van der Waals surface area (Å²) in [6, 6.07) is 1.42. The fourth-order valence-corrected chi connectivity index (χ4v) is 2.45. The van der Waals surface area contributed by atoms with Crippen molar-refractivity contribution in [2.75, 3.05) is 0 Å². The average Bonchev–Trinajstić information content (AvgIpc) is 2.77. The molecule has 0 heterocycles. The number of aromatic hydroxyl groups is 1. The van der Waals surface area contributed by atoms with Crippen LogP contribution in [0.5, 0.6) is 5.75 Å². The van der Waals surface area contributed by atoms with Crippen molar-refractivity contribution in [3.05, 3.63) is 29.3 Å². The Morgan fingerprint density at radius 3 is 2.29 bits per heavy atom. The van der Waals surface area contributed by atoms with Gasteiger partial charge in [0.15, 0.2) is 11.6 Å². The summed E-state index contributed by atoms with van der Waals surface area (Å²) < 4.78 is 26.4. The zero-order valence-corrected chi connectivity index (χ0v) is 9.42. The molecule has 0 aliphatic heterocycles. The molecule has 2 N–H and O–H groups in total. The molecule has 0 bridgehead atoms. The van der Waals surface area contributed by atoms with E-state index < -0.39 is 34.2 Å². The number of aliphatic carboxylic acids is 1. The second kappa shape index (κ2) is 3.18. The highest BCUT2D eigenvalue weighted by atomic mass is 19.1. The number of carboxylic acid groups (broad SMARTS) is 1. The number of phenolic OH excluding ortho intramolecular Hbond substituents is 1. The molecule has 17 heavy (non-hydrogen) atoms. The van der Waals surface area contributed by atoms with Gasteiger partial charge in [0.2, 0.25) is 0 Å². The second-order valence-corrected chi connectivity index (χ2v) is 5.05. The maximum absolute atomic E-state index is 13.2. The molecule has 0 radical (unpaired) electrons. The molecule has 0 aromatic heterocycles. The molecule has 5 heteroatoms. The second-order valence-electron chi connectivity index (χ2n) is 5.05. The molecule has 1 aromatic carbocycles. The summed E-state index contributed by atoms with van der Waals surface area (Å²) in [6.45, 7) is 3.37. The molecule has 3 nitrogen and oxygen atoms in total. The smallest absolute Gasteiger partial charge is 0.314 e. The van der Waals surface area contributed by atoms with E-state index in [1.807, 2.05) is 0 Å². The van der Waals surface area contributed by atoms with Crippen molar-refractivity contribution in [1.82, 2.24) is 0 Å². The van der Waals surface area contributed by atoms with Crippen LogP contribution < -0.4 is 0 Å². The fraction of sp³-hybridized carbons (Fsp3) is 0.417. The minimum absolute atomic E-state index is 0.187. The minimum atomic E-state index is -1.40. The first-order valence-electron chi connectivity index (χ1n) is 5.14. The van der Waals surface area contributed by atoms with Gasteiger partial charge in [0, 0.05) is 11.6 Å². The summed E-state index contributed by atoms with van der Waals surface area (Å²) >= 11 is 0. The molecule has 2 rings (SSSR count). The Kier molecular flexibility index (Phi) is 2.21. The Hall–Kier alpha value is -1.65. The predicted octanol–water partition coefficient (Wildman–Crippen LogP) is 2.42. The zero-order valence-electron chi connectivity index (χ0n) is 9.42. The SMILES string of the molecule is CC1(C)CC1(C(=O)O)c1cc(F)cc(F)c1O. The van der Waals surface area contributed by atoms with Gasteiger partial charge in [0.05, 0.1) is 0 Å². The van der Waals surface area contributed by atoms with Crippen LogP contribution in [-0.4, -0.2) is 16.2 Å². The maximum atomic E-state index is 13.2. The van der Waals surface area contributed by atoms with Gasteiger partial charge in [0.1, 0.15) is 11.2 Å². The lowest BCUT2D eigenvalue weighted by Gasteiger charge is -2.17. The van der Waals surface area contributed by atoms with Crippen molar-refractivity contribution >= 4 is 5.97 Å². The van der Waals surface area contributed by atoms with Gasteiger partial charge >= 0.3 is 5.97 Å². The van der Waals surface area contributed by atoms with E-state index in [0.717, 1.165) is 6.07 Å². The van der Waals surface area contributed by atoms with Crippen LogP contribution in [0, 0.1) is 17.0 Å². The molecule has 0 spiro atoms. The third-order valence-corrected chi connectivity index (χ3v) is 3.59. The Balaban J connectivity index is 2.66. The number of carboxylic acids is 1. The van der Waals surface area contributed by atoms with Crippen LogP contribution in [0.4, 0.5) is 8.78 Å². The molecule has 1 aliphatic carbocycles. The van der Waals surface area contributed by atoms with Crippen molar-refractivity contribution in [3.8, 4) is 5.75 Å². The number of hydrogen-bond donors (Lipinski definition) is 2. The van der Waals surface area contributed by atoms with Gasteiger partial charge in [-0.25, -0.2) is 8.78 Å². The van der Waals surface area contributed by atoms with Crippen molar-refractivity contribution in [1.29, 1.82) is 0 Å². The van der Waals surface area contributed by atoms with E-state index in [2.05, 4.69) is 0 Å². The summed E-state index contributed by atoms with van der Waals surface area (Å²) in [5.74, 6) is -3.98. The van der Waals surface area contributed by atoms with Crippen LogP contribution in [0.1, 0.15) is 25.8 Å². The van der Waals surface area contributed by atoms with Crippen molar-refractivity contribution in [2.45, 2.75) is 25.7 Å². The molecule has 0 saturated heterocycles. The van der Waals surface area contributed by atoms with Gasteiger partial charge in [-0.15, -0.1) is 0 Å². The number of benzene rings is 1. The molecule has 92 valence electrons. The van der Waals surface area contributed by atoms with Crippen molar-refractivity contribution in [3.63, 3.8) is 0 Å². The average molecular weight is 242 g/mol. The topological polar surface area (TPSA) is 57.5 Å². The van der Waals surface area contributed by atoms with Gasteiger partial charge in [-0.1, -0.05) is 13.8 Å². The first-order valence-corrected chi connectivity index (χ1v) is 5.14. The molecule has 1 unspecified atom stereocenters. The summed E-state index contributed by atoms with van der Waals surface area (Å²) in [6.07, 6.45) is 0.242. The monoisotopic (exact) mass is 242 g/mol. The van der Waals surface area contributed by atoms with Gasteiger partial charge in [-0.3, -0.25) is 4.79 Å². The molecule has 0 amide bonds. The first kappa shape index (κ1) is 11.8. The van der Waals surface area contributed by atoms with Gasteiger partial charge in [0.25, 0.3) is 0 Å². The standard InChI is InChI=1S/C12H12F2O3/c1-11(2)5-12(11,10(16)17)7-3-6(13)4-8(14)9(7)15/h3-4,15H,5H2,1-2H3,(H,16,17). The van der Waals surface area contributed by atoms with Gasteiger partial charge in [-0.05, 0) is 17.9 Å². The number of carbonyl (C=O) groups is 1. The van der Waals surface area contributed by atoms with Crippen LogP contribution in [0.25, 0.3) is 0 Å². The third-order valence-electron chi connectivity index (χ3n) is 3.59. The normalized spacial score (nSPS) is 25.6. The zero-order chi connectivity index (χ0) is 13.0.